The lowest BCUT2D eigenvalue weighted by molar-refractivity contribution is 0.0500. The standard InChI is InChI=1S/C22H30O6S2/c1-25-17-5-15(6-18(9-17)26-2)11-29-13-21(23)22(24)14-30-12-16-7-19(27-3)10-20(8-16)28-4/h5-10,21-24H,11-14H2,1-4H3. The quantitative estimate of drug-likeness (QED) is 0.475. The van der Waals surface area contributed by atoms with Gasteiger partial charge in [0.15, 0.2) is 0 Å². The molecule has 2 aromatic rings. The van der Waals surface area contributed by atoms with E-state index in [-0.39, 0.29) is 0 Å². The number of thioether (sulfide) groups is 2. The molecular formula is C22H30O6S2. The van der Waals surface area contributed by atoms with Crippen LogP contribution in [0.15, 0.2) is 36.4 Å². The Labute approximate surface area is 186 Å². The Hall–Kier alpha value is -1.74. The summed E-state index contributed by atoms with van der Waals surface area (Å²) in [6.07, 6.45) is -1.59. The minimum absolute atomic E-state index is 0.439. The van der Waals surface area contributed by atoms with E-state index in [2.05, 4.69) is 0 Å². The summed E-state index contributed by atoms with van der Waals surface area (Å²) >= 11 is 3.11. The van der Waals surface area contributed by atoms with Crippen molar-refractivity contribution in [3.05, 3.63) is 47.5 Å². The average Bonchev–Trinajstić information content (AvgIpc) is 2.78. The highest BCUT2D eigenvalue weighted by molar-refractivity contribution is 7.98. The van der Waals surface area contributed by atoms with Crippen molar-refractivity contribution in [3.63, 3.8) is 0 Å². The molecule has 0 aliphatic heterocycles. The van der Waals surface area contributed by atoms with Crippen LogP contribution < -0.4 is 18.9 Å². The van der Waals surface area contributed by atoms with E-state index in [4.69, 9.17) is 18.9 Å². The topological polar surface area (TPSA) is 77.4 Å². The summed E-state index contributed by atoms with van der Waals surface area (Å²) in [6, 6.07) is 11.4. The summed E-state index contributed by atoms with van der Waals surface area (Å²) < 4.78 is 21.1. The first-order valence-electron chi connectivity index (χ1n) is 9.44. The summed E-state index contributed by atoms with van der Waals surface area (Å²) in [5, 5.41) is 20.6. The molecule has 0 saturated heterocycles. The van der Waals surface area contributed by atoms with Crippen LogP contribution in [0.3, 0.4) is 0 Å². The van der Waals surface area contributed by atoms with Crippen LogP contribution in [0, 0.1) is 0 Å². The van der Waals surface area contributed by atoms with Crippen molar-refractivity contribution in [1.82, 2.24) is 0 Å². The van der Waals surface area contributed by atoms with E-state index in [1.54, 1.807) is 52.0 Å². The van der Waals surface area contributed by atoms with Crippen LogP contribution in [-0.4, -0.2) is 62.4 Å². The number of hydrogen-bond acceptors (Lipinski definition) is 8. The fourth-order valence-electron chi connectivity index (χ4n) is 2.72. The van der Waals surface area contributed by atoms with E-state index in [1.807, 2.05) is 36.4 Å². The normalized spacial score (nSPS) is 12.9. The van der Waals surface area contributed by atoms with Gasteiger partial charge in [-0.3, -0.25) is 0 Å². The monoisotopic (exact) mass is 454 g/mol. The fraction of sp³-hybridized carbons (Fsp3) is 0.455. The Morgan fingerprint density at radius 1 is 0.600 bits per heavy atom. The molecule has 0 bridgehead atoms. The summed E-state index contributed by atoms with van der Waals surface area (Å²) in [7, 11) is 6.46. The van der Waals surface area contributed by atoms with Gasteiger partial charge in [-0.25, -0.2) is 0 Å². The van der Waals surface area contributed by atoms with Gasteiger partial charge in [0.25, 0.3) is 0 Å². The molecule has 8 heteroatoms. The summed E-state index contributed by atoms with van der Waals surface area (Å²) in [5.74, 6) is 5.18. The number of methoxy groups -OCH3 is 4. The predicted octanol–water partition coefficient (Wildman–Crippen LogP) is 3.61. The molecule has 2 N–H and O–H groups in total. The maximum absolute atomic E-state index is 10.3. The van der Waals surface area contributed by atoms with E-state index in [9.17, 15) is 10.2 Å². The van der Waals surface area contributed by atoms with Crippen molar-refractivity contribution in [2.45, 2.75) is 23.7 Å². The van der Waals surface area contributed by atoms with Crippen molar-refractivity contribution in [2.75, 3.05) is 39.9 Å². The van der Waals surface area contributed by atoms with E-state index in [1.165, 1.54) is 0 Å². The number of hydrogen-bond donors (Lipinski definition) is 2. The first kappa shape index (κ1) is 24.5. The molecule has 0 heterocycles. The van der Waals surface area contributed by atoms with Crippen LogP contribution in [0.25, 0.3) is 0 Å². The number of benzene rings is 2. The van der Waals surface area contributed by atoms with E-state index < -0.39 is 12.2 Å². The van der Waals surface area contributed by atoms with Crippen molar-refractivity contribution in [2.24, 2.45) is 0 Å². The van der Waals surface area contributed by atoms with Crippen LogP contribution in [0.5, 0.6) is 23.0 Å². The highest BCUT2D eigenvalue weighted by Crippen LogP contribution is 2.27. The van der Waals surface area contributed by atoms with Crippen molar-refractivity contribution in [3.8, 4) is 23.0 Å². The SMILES string of the molecule is COc1cc(CSCC(O)C(O)CSCc2cc(OC)cc(OC)c2)cc(OC)c1. The van der Waals surface area contributed by atoms with Crippen molar-refractivity contribution < 1.29 is 29.2 Å². The van der Waals surface area contributed by atoms with Gasteiger partial charge in [0.1, 0.15) is 23.0 Å². The van der Waals surface area contributed by atoms with E-state index in [0.717, 1.165) is 34.1 Å². The Balaban J connectivity index is 1.77. The van der Waals surface area contributed by atoms with Crippen LogP contribution in [0.1, 0.15) is 11.1 Å². The Morgan fingerprint density at radius 2 is 0.900 bits per heavy atom. The molecule has 0 spiro atoms. The Morgan fingerprint density at radius 3 is 1.17 bits per heavy atom. The minimum Gasteiger partial charge on any atom is -0.497 e. The molecule has 2 aromatic carbocycles. The molecule has 0 aromatic heterocycles. The number of ether oxygens (including phenoxy) is 4. The second-order valence-electron chi connectivity index (χ2n) is 6.61. The van der Waals surface area contributed by atoms with Gasteiger partial charge in [-0.15, -0.1) is 0 Å². The van der Waals surface area contributed by atoms with E-state index in [0.29, 0.717) is 23.0 Å². The average molecular weight is 455 g/mol. The molecule has 0 aliphatic rings. The molecule has 2 unspecified atom stereocenters. The van der Waals surface area contributed by atoms with Crippen LogP contribution in [0.4, 0.5) is 0 Å². The summed E-state index contributed by atoms with van der Waals surface area (Å²) in [4.78, 5) is 0. The van der Waals surface area contributed by atoms with Gasteiger partial charge in [0.05, 0.1) is 40.6 Å². The van der Waals surface area contributed by atoms with Crippen LogP contribution in [-0.2, 0) is 11.5 Å². The highest BCUT2D eigenvalue weighted by atomic mass is 32.2. The van der Waals surface area contributed by atoms with Gasteiger partial charge in [-0.2, -0.15) is 23.5 Å². The molecule has 0 fully saturated rings. The molecule has 2 rings (SSSR count). The molecule has 0 amide bonds. The van der Waals surface area contributed by atoms with E-state index >= 15 is 0 Å². The fourth-order valence-corrected chi connectivity index (χ4v) is 4.68. The lowest BCUT2D eigenvalue weighted by Crippen LogP contribution is -2.30. The van der Waals surface area contributed by atoms with Crippen LogP contribution >= 0.6 is 23.5 Å². The third kappa shape index (κ3) is 7.83. The maximum atomic E-state index is 10.3. The molecule has 6 nitrogen and oxygen atoms in total. The zero-order valence-corrected chi connectivity index (χ0v) is 19.4. The maximum Gasteiger partial charge on any atom is 0.122 e. The first-order chi connectivity index (χ1) is 14.5. The molecule has 30 heavy (non-hydrogen) atoms. The van der Waals surface area contributed by atoms with Gasteiger partial charge < -0.3 is 29.2 Å². The molecular weight excluding hydrogens is 424 g/mol. The van der Waals surface area contributed by atoms with Gasteiger partial charge >= 0.3 is 0 Å². The van der Waals surface area contributed by atoms with Gasteiger partial charge in [-0.1, -0.05) is 0 Å². The van der Waals surface area contributed by atoms with Gasteiger partial charge in [0.2, 0.25) is 0 Å². The zero-order chi connectivity index (χ0) is 21.9. The molecule has 2 atom stereocenters. The Bertz CT molecular complexity index is 676. The van der Waals surface area contributed by atoms with Crippen LogP contribution in [0.2, 0.25) is 0 Å². The largest absolute Gasteiger partial charge is 0.497 e. The third-order valence-corrected chi connectivity index (χ3v) is 6.61. The molecule has 166 valence electrons. The predicted molar refractivity (Wildman–Crippen MR) is 123 cm³/mol. The van der Waals surface area contributed by atoms with Gasteiger partial charge in [0, 0.05) is 35.1 Å². The number of aliphatic hydroxyl groups is 2. The molecule has 0 aliphatic carbocycles. The lowest BCUT2D eigenvalue weighted by Gasteiger charge is -2.17. The molecule has 0 radical (unpaired) electrons. The van der Waals surface area contributed by atoms with Crippen molar-refractivity contribution in [1.29, 1.82) is 0 Å². The summed E-state index contributed by atoms with van der Waals surface area (Å²) in [6.45, 7) is 0. The van der Waals surface area contributed by atoms with Crippen molar-refractivity contribution >= 4 is 23.5 Å². The first-order valence-corrected chi connectivity index (χ1v) is 11.8. The minimum atomic E-state index is -0.796. The zero-order valence-electron chi connectivity index (χ0n) is 17.8. The van der Waals surface area contributed by atoms with Gasteiger partial charge in [-0.05, 0) is 35.4 Å². The Kier molecular flexibility index (Phi) is 10.5. The second kappa shape index (κ2) is 12.8. The number of aliphatic hydroxyl groups excluding tert-OH is 2. The highest BCUT2D eigenvalue weighted by Gasteiger charge is 2.17. The lowest BCUT2D eigenvalue weighted by atomic mass is 10.2. The molecule has 0 saturated carbocycles. The smallest absolute Gasteiger partial charge is 0.122 e. The number of rotatable bonds is 13. The second-order valence-corrected chi connectivity index (χ2v) is 8.67. The third-order valence-electron chi connectivity index (χ3n) is 4.38. The summed E-state index contributed by atoms with van der Waals surface area (Å²) in [5.41, 5.74) is 2.08.